The van der Waals surface area contributed by atoms with Crippen molar-refractivity contribution in [1.29, 1.82) is 0 Å². The second kappa shape index (κ2) is 9.32. The molecule has 2 rings (SSSR count). The van der Waals surface area contributed by atoms with Gasteiger partial charge in [0.05, 0.1) is 6.33 Å². The van der Waals surface area contributed by atoms with E-state index >= 15 is 0 Å². The van der Waals surface area contributed by atoms with Crippen LogP contribution < -0.4 is 5.32 Å². The van der Waals surface area contributed by atoms with E-state index in [9.17, 15) is 19.8 Å². The van der Waals surface area contributed by atoms with E-state index in [4.69, 9.17) is 0 Å². The predicted molar refractivity (Wildman–Crippen MR) is 102 cm³/mol. The monoisotopic (exact) mass is 373 g/mol. The van der Waals surface area contributed by atoms with Gasteiger partial charge in [-0.05, 0) is 24.8 Å². The minimum atomic E-state index is -1.08. The molecular weight excluding hydrogens is 346 g/mol. The highest BCUT2D eigenvalue weighted by Crippen LogP contribution is 2.12. The van der Waals surface area contributed by atoms with Crippen LogP contribution in [0.3, 0.4) is 0 Å². The molecule has 0 spiro atoms. The van der Waals surface area contributed by atoms with Gasteiger partial charge in [-0.15, -0.1) is 0 Å². The quantitative estimate of drug-likeness (QED) is 0.590. The molecule has 2 unspecified atom stereocenters. The van der Waals surface area contributed by atoms with E-state index in [1.54, 1.807) is 12.5 Å². The lowest BCUT2D eigenvalue weighted by Gasteiger charge is -2.22. The van der Waals surface area contributed by atoms with Crippen LogP contribution in [0.15, 0.2) is 36.8 Å². The molecular formula is C20H27N3O4. The normalized spacial score (nSPS) is 13.5. The number of hydrogen-bond acceptors (Lipinski definition) is 4. The van der Waals surface area contributed by atoms with E-state index in [1.807, 2.05) is 43.5 Å². The van der Waals surface area contributed by atoms with Crippen LogP contribution in [-0.4, -0.2) is 43.8 Å². The number of benzene rings is 1. The average Bonchev–Trinajstić information content (AvgIpc) is 2.99. The summed E-state index contributed by atoms with van der Waals surface area (Å²) in [5.74, 6) is -1.98. The molecule has 0 aliphatic carbocycles. The first-order valence-corrected chi connectivity index (χ1v) is 9.02. The molecule has 0 aliphatic heterocycles. The molecule has 0 amide bonds. The van der Waals surface area contributed by atoms with Crippen LogP contribution in [0.4, 0.5) is 0 Å². The van der Waals surface area contributed by atoms with E-state index < -0.39 is 24.0 Å². The number of nitrogens with one attached hydrogen (secondary N) is 1. The van der Waals surface area contributed by atoms with Crippen LogP contribution in [0.25, 0.3) is 0 Å². The van der Waals surface area contributed by atoms with E-state index in [2.05, 4.69) is 16.4 Å². The van der Waals surface area contributed by atoms with Gasteiger partial charge in [0, 0.05) is 24.9 Å². The number of carboxylic acid groups (broad SMARTS) is 2. The van der Waals surface area contributed by atoms with E-state index in [0.717, 1.165) is 16.8 Å². The molecule has 2 atom stereocenters. The highest BCUT2D eigenvalue weighted by Gasteiger charge is 2.27. The number of aromatic nitrogens is 2. The molecule has 0 radical (unpaired) electrons. The summed E-state index contributed by atoms with van der Waals surface area (Å²) in [5.41, 5.74) is 2.99. The molecule has 0 saturated carbocycles. The topological polar surface area (TPSA) is 104 Å². The Bertz CT molecular complexity index is 785. The van der Waals surface area contributed by atoms with Crippen molar-refractivity contribution < 1.29 is 19.8 Å². The molecule has 27 heavy (non-hydrogen) atoms. The largest absolute Gasteiger partial charge is 0.480 e. The summed E-state index contributed by atoms with van der Waals surface area (Å²) in [6.45, 7) is 6.41. The van der Waals surface area contributed by atoms with Gasteiger partial charge in [0.15, 0.2) is 0 Å². The lowest BCUT2D eigenvalue weighted by molar-refractivity contribution is -0.142. The zero-order valence-electron chi connectivity index (χ0n) is 15.9. The Balaban J connectivity index is 2.14. The minimum Gasteiger partial charge on any atom is -0.480 e. The lowest BCUT2D eigenvalue weighted by atomic mass is 10.0. The number of rotatable bonds is 10. The highest BCUT2D eigenvalue weighted by atomic mass is 16.4. The van der Waals surface area contributed by atoms with Crippen LogP contribution in [0.1, 0.15) is 37.1 Å². The van der Waals surface area contributed by atoms with Crippen LogP contribution in [0, 0.1) is 12.8 Å². The Labute approximate surface area is 159 Å². The van der Waals surface area contributed by atoms with Crippen LogP contribution in [0.2, 0.25) is 0 Å². The SMILES string of the molecule is Cc1cccc(Cn2cncc2CC(NC(CC(C)C)C(=O)O)C(=O)O)c1. The number of imidazole rings is 1. The summed E-state index contributed by atoms with van der Waals surface area (Å²) < 4.78 is 1.89. The smallest absolute Gasteiger partial charge is 0.321 e. The summed E-state index contributed by atoms with van der Waals surface area (Å²) in [7, 11) is 0. The minimum absolute atomic E-state index is 0.139. The zero-order valence-corrected chi connectivity index (χ0v) is 15.9. The molecule has 7 heteroatoms. The van der Waals surface area contributed by atoms with Crippen molar-refractivity contribution in [2.75, 3.05) is 0 Å². The third-order valence-corrected chi connectivity index (χ3v) is 4.35. The van der Waals surface area contributed by atoms with Crippen LogP contribution in [-0.2, 0) is 22.6 Å². The molecule has 0 fully saturated rings. The van der Waals surface area contributed by atoms with Gasteiger partial charge in [-0.2, -0.15) is 0 Å². The Kier molecular flexibility index (Phi) is 7.12. The second-order valence-electron chi connectivity index (χ2n) is 7.28. The third-order valence-electron chi connectivity index (χ3n) is 4.35. The molecule has 3 N–H and O–H groups in total. The first-order valence-electron chi connectivity index (χ1n) is 9.02. The number of carboxylic acids is 2. The second-order valence-corrected chi connectivity index (χ2v) is 7.28. The number of aliphatic carboxylic acids is 2. The number of hydrogen-bond donors (Lipinski definition) is 3. The van der Waals surface area contributed by atoms with Crippen molar-refractivity contribution in [2.45, 2.75) is 52.2 Å². The summed E-state index contributed by atoms with van der Waals surface area (Å²) in [5, 5.41) is 21.7. The van der Waals surface area contributed by atoms with E-state index in [1.165, 1.54) is 0 Å². The summed E-state index contributed by atoms with van der Waals surface area (Å²) in [6.07, 6.45) is 3.82. The average molecular weight is 373 g/mol. The molecule has 7 nitrogen and oxygen atoms in total. The van der Waals surface area contributed by atoms with Crippen molar-refractivity contribution in [3.05, 3.63) is 53.6 Å². The molecule has 1 heterocycles. The Morgan fingerprint density at radius 2 is 1.89 bits per heavy atom. The van der Waals surface area contributed by atoms with Crippen molar-refractivity contribution in [2.24, 2.45) is 5.92 Å². The fraction of sp³-hybridized carbons (Fsp3) is 0.450. The number of aryl methyl sites for hydroxylation is 1. The fourth-order valence-electron chi connectivity index (χ4n) is 3.05. The third kappa shape index (κ3) is 6.21. The lowest BCUT2D eigenvalue weighted by Crippen LogP contribution is -2.49. The van der Waals surface area contributed by atoms with Crippen molar-refractivity contribution in [3.63, 3.8) is 0 Å². The maximum atomic E-state index is 11.7. The summed E-state index contributed by atoms with van der Waals surface area (Å²) >= 11 is 0. The number of carbonyl (C=O) groups is 2. The van der Waals surface area contributed by atoms with E-state index in [0.29, 0.717) is 13.0 Å². The summed E-state index contributed by atoms with van der Waals surface area (Å²) in [4.78, 5) is 27.3. The Hall–Kier alpha value is -2.67. The fourth-order valence-corrected chi connectivity index (χ4v) is 3.05. The van der Waals surface area contributed by atoms with Gasteiger partial charge in [0.2, 0.25) is 0 Å². The molecule has 0 bridgehead atoms. The molecule has 146 valence electrons. The molecule has 2 aromatic rings. The van der Waals surface area contributed by atoms with Crippen molar-refractivity contribution in [1.82, 2.24) is 14.9 Å². The van der Waals surface area contributed by atoms with Gasteiger partial charge in [-0.1, -0.05) is 43.7 Å². The van der Waals surface area contributed by atoms with Gasteiger partial charge in [-0.25, -0.2) is 4.98 Å². The highest BCUT2D eigenvalue weighted by molar-refractivity contribution is 5.77. The van der Waals surface area contributed by atoms with Gasteiger partial charge in [0.25, 0.3) is 0 Å². The van der Waals surface area contributed by atoms with Crippen LogP contribution >= 0.6 is 0 Å². The Morgan fingerprint density at radius 3 is 2.48 bits per heavy atom. The molecule has 0 aliphatic rings. The molecule has 0 saturated heterocycles. The van der Waals surface area contributed by atoms with Gasteiger partial charge in [-0.3, -0.25) is 14.9 Å². The zero-order chi connectivity index (χ0) is 20.0. The van der Waals surface area contributed by atoms with Gasteiger partial charge >= 0.3 is 11.9 Å². The first kappa shape index (κ1) is 20.6. The maximum Gasteiger partial charge on any atom is 0.321 e. The van der Waals surface area contributed by atoms with Gasteiger partial charge in [0.1, 0.15) is 12.1 Å². The molecule has 1 aromatic heterocycles. The Morgan fingerprint density at radius 1 is 1.19 bits per heavy atom. The van der Waals surface area contributed by atoms with E-state index in [-0.39, 0.29) is 12.3 Å². The summed E-state index contributed by atoms with van der Waals surface area (Å²) in [6, 6.07) is 6.17. The van der Waals surface area contributed by atoms with Crippen molar-refractivity contribution >= 4 is 11.9 Å². The van der Waals surface area contributed by atoms with Crippen LogP contribution in [0.5, 0.6) is 0 Å². The maximum absolute atomic E-state index is 11.7. The first-order chi connectivity index (χ1) is 12.8. The molecule has 1 aromatic carbocycles. The predicted octanol–water partition coefficient (Wildman–Crippen LogP) is 2.32. The number of nitrogens with zero attached hydrogens (tertiary/aromatic N) is 2. The standard InChI is InChI=1S/C20H27N3O4/c1-13(2)7-17(19(24)25)22-18(20(26)27)9-16-10-21-12-23(16)11-15-6-4-5-14(3)8-15/h4-6,8,10,12-13,17-18,22H,7,9,11H2,1-3H3,(H,24,25)(H,26,27). The van der Waals surface area contributed by atoms with Crippen molar-refractivity contribution in [3.8, 4) is 0 Å². The van der Waals surface area contributed by atoms with Gasteiger partial charge < -0.3 is 14.8 Å².